The molecule has 0 radical (unpaired) electrons. The first-order valence-electron chi connectivity index (χ1n) is 7.03. The molecule has 1 aliphatic carbocycles. The lowest BCUT2D eigenvalue weighted by Gasteiger charge is -2.17. The molecule has 0 atom stereocenters. The molecule has 9 heteroatoms. The van der Waals surface area contributed by atoms with E-state index < -0.39 is 10.5 Å². The highest BCUT2D eigenvalue weighted by atomic mass is 35.5. The summed E-state index contributed by atoms with van der Waals surface area (Å²) in [6.45, 7) is 0. The minimum atomic E-state index is -0.499. The summed E-state index contributed by atoms with van der Waals surface area (Å²) in [7, 11) is 0. The number of non-ortho nitro benzene ring substituents is 1. The third-order valence-electron chi connectivity index (χ3n) is 4.00. The predicted molar refractivity (Wildman–Crippen MR) is 86.8 cm³/mol. The fourth-order valence-electron chi connectivity index (χ4n) is 2.71. The molecule has 1 fully saturated rings. The van der Waals surface area contributed by atoms with E-state index in [1.807, 2.05) is 0 Å². The van der Waals surface area contributed by atoms with Crippen LogP contribution in [0.25, 0.3) is 0 Å². The summed E-state index contributed by atoms with van der Waals surface area (Å²) in [4.78, 5) is 14.6. The Morgan fingerprint density at radius 3 is 2.70 bits per heavy atom. The Hall–Kier alpha value is -1.70. The summed E-state index contributed by atoms with van der Waals surface area (Å²) in [5.74, 6) is 0.931. The zero-order chi connectivity index (χ0) is 15.7. The maximum atomic E-state index is 10.7. The Bertz CT molecular complexity index is 714. The SMILES string of the molecule is Cl.NC1(c2noc(Cc3ccc([N+](=O)[O-])cc3Cl)n2)CCCC1. The molecule has 1 aromatic carbocycles. The standard InChI is InChI=1S/C14H15ClN4O3.ClH/c15-11-8-10(19(20)21)4-3-9(11)7-12-17-13(18-22-12)14(16)5-1-2-6-14;/h3-4,8H,1-2,5-7,16H2;1H. The highest BCUT2D eigenvalue weighted by Crippen LogP contribution is 2.34. The number of nitrogens with zero attached hydrogens (tertiary/aromatic N) is 3. The lowest BCUT2D eigenvalue weighted by molar-refractivity contribution is -0.384. The van der Waals surface area contributed by atoms with Crippen LogP contribution < -0.4 is 5.73 Å². The van der Waals surface area contributed by atoms with Crippen LogP contribution in [0.2, 0.25) is 5.02 Å². The molecule has 0 saturated heterocycles. The van der Waals surface area contributed by atoms with Gasteiger partial charge in [0.25, 0.3) is 5.69 Å². The third kappa shape index (κ3) is 3.63. The number of aromatic nitrogens is 2. The van der Waals surface area contributed by atoms with Crippen LogP contribution in [-0.4, -0.2) is 15.1 Å². The van der Waals surface area contributed by atoms with Crippen LogP contribution in [0.3, 0.4) is 0 Å². The molecule has 124 valence electrons. The van der Waals surface area contributed by atoms with Crippen LogP contribution in [0.15, 0.2) is 22.7 Å². The second-order valence-electron chi connectivity index (χ2n) is 5.58. The van der Waals surface area contributed by atoms with E-state index in [0.29, 0.717) is 28.7 Å². The minimum Gasteiger partial charge on any atom is -0.339 e. The first-order valence-corrected chi connectivity index (χ1v) is 7.40. The van der Waals surface area contributed by atoms with Gasteiger partial charge in [0.1, 0.15) is 0 Å². The summed E-state index contributed by atoms with van der Waals surface area (Å²) >= 11 is 6.07. The van der Waals surface area contributed by atoms with Gasteiger partial charge < -0.3 is 10.3 Å². The van der Waals surface area contributed by atoms with Crippen molar-refractivity contribution in [2.45, 2.75) is 37.6 Å². The molecular formula is C14H16Cl2N4O3. The zero-order valence-electron chi connectivity index (χ0n) is 12.2. The molecular weight excluding hydrogens is 343 g/mol. The van der Waals surface area contributed by atoms with Gasteiger partial charge in [-0.1, -0.05) is 35.7 Å². The van der Waals surface area contributed by atoms with E-state index in [4.69, 9.17) is 21.9 Å². The van der Waals surface area contributed by atoms with Gasteiger partial charge in [0.2, 0.25) is 5.89 Å². The van der Waals surface area contributed by atoms with Crippen molar-refractivity contribution in [2.24, 2.45) is 5.73 Å². The van der Waals surface area contributed by atoms with Crippen molar-refractivity contribution in [1.29, 1.82) is 0 Å². The quantitative estimate of drug-likeness (QED) is 0.662. The van der Waals surface area contributed by atoms with E-state index in [0.717, 1.165) is 25.7 Å². The first-order chi connectivity index (χ1) is 10.5. The maximum absolute atomic E-state index is 10.7. The molecule has 7 nitrogen and oxygen atoms in total. The summed E-state index contributed by atoms with van der Waals surface area (Å²) in [6.07, 6.45) is 4.15. The van der Waals surface area contributed by atoms with Crippen molar-refractivity contribution in [1.82, 2.24) is 10.1 Å². The molecule has 1 aliphatic rings. The topological polar surface area (TPSA) is 108 Å². The number of nitro benzene ring substituents is 1. The Balaban J connectivity index is 0.00000192. The molecule has 2 N–H and O–H groups in total. The number of halogens is 2. The Morgan fingerprint density at radius 1 is 1.39 bits per heavy atom. The van der Waals surface area contributed by atoms with Crippen molar-refractivity contribution in [3.63, 3.8) is 0 Å². The fraction of sp³-hybridized carbons (Fsp3) is 0.429. The molecule has 1 heterocycles. The summed E-state index contributed by atoms with van der Waals surface area (Å²) in [5.41, 5.74) is 6.43. The second-order valence-corrected chi connectivity index (χ2v) is 5.99. The van der Waals surface area contributed by atoms with Gasteiger partial charge >= 0.3 is 0 Å². The van der Waals surface area contributed by atoms with Crippen molar-refractivity contribution in [3.05, 3.63) is 50.6 Å². The van der Waals surface area contributed by atoms with Crippen LogP contribution in [0.5, 0.6) is 0 Å². The molecule has 0 aliphatic heterocycles. The van der Waals surface area contributed by atoms with Crippen LogP contribution >= 0.6 is 24.0 Å². The van der Waals surface area contributed by atoms with Crippen molar-refractivity contribution in [2.75, 3.05) is 0 Å². The van der Waals surface area contributed by atoms with E-state index in [1.54, 1.807) is 6.07 Å². The molecule has 1 aromatic heterocycles. The molecule has 0 bridgehead atoms. The van der Waals surface area contributed by atoms with E-state index in [9.17, 15) is 10.1 Å². The number of rotatable bonds is 4. The molecule has 0 spiro atoms. The van der Waals surface area contributed by atoms with Gasteiger partial charge in [-0.25, -0.2) is 0 Å². The molecule has 2 aromatic rings. The molecule has 3 rings (SSSR count). The summed E-state index contributed by atoms with van der Waals surface area (Å²) in [6, 6.07) is 4.31. The third-order valence-corrected chi connectivity index (χ3v) is 4.35. The Morgan fingerprint density at radius 2 is 2.09 bits per heavy atom. The Kier molecular flexibility index (Phi) is 5.23. The summed E-state index contributed by atoms with van der Waals surface area (Å²) < 4.78 is 5.25. The molecule has 0 amide bonds. The zero-order valence-corrected chi connectivity index (χ0v) is 13.8. The van der Waals surface area contributed by atoms with Gasteiger partial charge in [-0.3, -0.25) is 10.1 Å². The Labute approximate surface area is 143 Å². The van der Waals surface area contributed by atoms with E-state index >= 15 is 0 Å². The van der Waals surface area contributed by atoms with Crippen molar-refractivity contribution >= 4 is 29.7 Å². The summed E-state index contributed by atoms with van der Waals surface area (Å²) in [5, 5.41) is 15.0. The first kappa shape index (κ1) is 17.7. The lowest BCUT2D eigenvalue weighted by atomic mass is 9.99. The molecule has 23 heavy (non-hydrogen) atoms. The maximum Gasteiger partial charge on any atom is 0.270 e. The van der Waals surface area contributed by atoms with Crippen molar-refractivity contribution < 1.29 is 9.45 Å². The van der Waals surface area contributed by atoms with E-state index in [-0.39, 0.29) is 18.1 Å². The average molecular weight is 359 g/mol. The van der Waals surface area contributed by atoms with Gasteiger partial charge in [-0.05, 0) is 18.4 Å². The lowest BCUT2D eigenvalue weighted by Crippen LogP contribution is -2.34. The highest BCUT2D eigenvalue weighted by Gasteiger charge is 2.35. The molecule has 0 unspecified atom stereocenters. The highest BCUT2D eigenvalue weighted by molar-refractivity contribution is 6.31. The van der Waals surface area contributed by atoms with Gasteiger partial charge in [0.15, 0.2) is 5.82 Å². The van der Waals surface area contributed by atoms with Crippen LogP contribution in [0.4, 0.5) is 5.69 Å². The van der Waals surface area contributed by atoms with Crippen LogP contribution in [-0.2, 0) is 12.0 Å². The largest absolute Gasteiger partial charge is 0.339 e. The number of hydrogen-bond acceptors (Lipinski definition) is 6. The monoisotopic (exact) mass is 358 g/mol. The van der Waals surface area contributed by atoms with E-state index in [1.165, 1.54) is 12.1 Å². The van der Waals surface area contributed by atoms with Gasteiger partial charge in [-0.2, -0.15) is 4.98 Å². The minimum absolute atomic E-state index is 0. The van der Waals surface area contributed by atoms with Crippen LogP contribution in [0.1, 0.15) is 43.0 Å². The van der Waals surface area contributed by atoms with Crippen LogP contribution in [0, 0.1) is 10.1 Å². The van der Waals surface area contributed by atoms with Gasteiger partial charge in [-0.15, -0.1) is 12.4 Å². The normalized spacial score (nSPS) is 16.1. The number of benzene rings is 1. The fourth-order valence-corrected chi connectivity index (χ4v) is 2.96. The number of nitro groups is 1. The average Bonchev–Trinajstić information content (AvgIpc) is 3.11. The van der Waals surface area contributed by atoms with E-state index in [2.05, 4.69) is 10.1 Å². The second kappa shape index (κ2) is 6.82. The number of hydrogen-bond donors (Lipinski definition) is 1. The smallest absolute Gasteiger partial charge is 0.270 e. The number of nitrogens with two attached hydrogens (primary N) is 1. The van der Waals surface area contributed by atoms with Gasteiger partial charge in [0.05, 0.1) is 21.9 Å². The van der Waals surface area contributed by atoms with Gasteiger partial charge in [0, 0.05) is 12.1 Å². The predicted octanol–water partition coefficient (Wildman–Crippen LogP) is 3.37. The van der Waals surface area contributed by atoms with Crippen molar-refractivity contribution in [3.8, 4) is 0 Å². The molecule has 1 saturated carbocycles.